The average molecular weight is 491 g/mol. The minimum atomic E-state index is -0.250. The van der Waals surface area contributed by atoms with E-state index < -0.39 is 0 Å². The first-order valence-electron chi connectivity index (χ1n) is 10.6. The number of hydrogen-bond acceptors (Lipinski definition) is 7. The number of ether oxygens (including phenoxy) is 1. The fraction of sp³-hybridized carbons (Fsp3) is 0.160. The minimum absolute atomic E-state index is 0.153. The van der Waals surface area contributed by atoms with Crippen LogP contribution < -0.4 is 29.4 Å². The first kappa shape index (κ1) is 22.2. The van der Waals surface area contributed by atoms with Crippen molar-refractivity contribution < 1.29 is 9.53 Å². The number of hydrogen-bond donors (Lipinski definition) is 0. The Balaban J connectivity index is 1.72. The Hall–Kier alpha value is -3.56. The summed E-state index contributed by atoms with van der Waals surface area (Å²) in [5, 5.41) is 6.70. The topological polar surface area (TPSA) is 67.1 Å². The summed E-state index contributed by atoms with van der Waals surface area (Å²) < 4.78 is 8.13. The van der Waals surface area contributed by atoms with Gasteiger partial charge >= 0.3 is 0 Å². The number of para-hydroxylation sites is 1. The molecule has 0 spiro atoms. The number of carbonyl (C=O) groups excluding carboxylic acids is 1. The number of thiazole rings is 1. The smallest absolute Gasteiger partial charge is 0.283 e. The van der Waals surface area contributed by atoms with Gasteiger partial charge in [-0.2, -0.15) is 10.1 Å². The van der Waals surface area contributed by atoms with Crippen molar-refractivity contribution in [3.63, 3.8) is 0 Å². The lowest BCUT2D eigenvalue weighted by Gasteiger charge is -2.13. The standard InChI is InChI=1S/C25H22N4O3S2/c1-5-13-28-23(31)21(25-27(3)18-14-17(32-4)11-12-19(18)33-25)34-24(28)20-15(2)26-29(22(20)30)16-9-7-6-8-10-16/h5-12,14H,1,13H2,2-4H3/b24-20?,25-21-. The van der Waals surface area contributed by atoms with Crippen LogP contribution in [0.2, 0.25) is 0 Å². The molecule has 3 aromatic rings. The lowest BCUT2D eigenvalue weighted by atomic mass is 10.2. The van der Waals surface area contributed by atoms with Gasteiger partial charge in [0.1, 0.15) is 20.0 Å². The van der Waals surface area contributed by atoms with E-state index in [2.05, 4.69) is 11.7 Å². The van der Waals surface area contributed by atoms with Gasteiger partial charge in [0, 0.05) is 24.6 Å². The maximum Gasteiger partial charge on any atom is 0.283 e. The highest BCUT2D eigenvalue weighted by molar-refractivity contribution is 8.08. The van der Waals surface area contributed by atoms with Crippen LogP contribution in [0.4, 0.5) is 11.4 Å². The highest BCUT2D eigenvalue weighted by atomic mass is 32.2. The molecule has 0 saturated carbocycles. The lowest BCUT2D eigenvalue weighted by molar-refractivity contribution is -0.112. The van der Waals surface area contributed by atoms with E-state index >= 15 is 0 Å². The van der Waals surface area contributed by atoms with E-state index in [0.29, 0.717) is 32.7 Å². The number of hydrazone groups is 1. The molecular formula is C25H22N4O3S2. The molecule has 34 heavy (non-hydrogen) atoms. The molecule has 1 aromatic heterocycles. The maximum absolute atomic E-state index is 13.6. The van der Waals surface area contributed by atoms with Crippen LogP contribution >= 0.6 is 23.1 Å². The molecule has 0 radical (unpaired) electrons. The number of aromatic nitrogens is 1. The molecule has 0 unspecified atom stereocenters. The van der Waals surface area contributed by atoms with Crippen LogP contribution in [-0.2, 0) is 11.3 Å². The monoisotopic (exact) mass is 490 g/mol. The Bertz CT molecular complexity index is 1540. The van der Waals surface area contributed by atoms with E-state index in [9.17, 15) is 9.59 Å². The number of rotatable bonds is 4. The number of amides is 1. The molecule has 0 N–H and O–H groups in total. The van der Waals surface area contributed by atoms with Gasteiger partial charge in [-0.1, -0.05) is 36.0 Å². The van der Waals surface area contributed by atoms with Crippen molar-refractivity contribution in [1.82, 2.24) is 4.57 Å². The van der Waals surface area contributed by atoms with Crippen molar-refractivity contribution in [2.75, 3.05) is 24.1 Å². The van der Waals surface area contributed by atoms with Crippen LogP contribution in [0, 0.1) is 0 Å². The molecule has 0 fully saturated rings. The molecule has 1 amide bonds. The fourth-order valence-corrected chi connectivity index (χ4v) is 6.51. The van der Waals surface area contributed by atoms with Crippen molar-refractivity contribution in [3.05, 3.63) is 80.7 Å². The highest BCUT2D eigenvalue weighted by Gasteiger charge is 2.32. The minimum Gasteiger partial charge on any atom is -0.497 e. The van der Waals surface area contributed by atoms with Gasteiger partial charge in [-0.15, -0.1) is 17.9 Å². The summed E-state index contributed by atoms with van der Waals surface area (Å²) in [6.07, 6.45) is 1.67. The van der Waals surface area contributed by atoms with Crippen LogP contribution in [0.5, 0.6) is 5.75 Å². The molecule has 0 bridgehead atoms. The maximum atomic E-state index is 13.6. The quantitative estimate of drug-likeness (QED) is 0.526. The highest BCUT2D eigenvalue weighted by Crippen LogP contribution is 2.46. The zero-order chi connectivity index (χ0) is 24.0. The summed E-state index contributed by atoms with van der Waals surface area (Å²) in [6.45, 7) is 5.90. The number of allylic oxidation sites excluding steroid dienone is 1. The molecule has 172 valence electrons. The summed E-state index contributed by atoms with van der Waals surface area (Å²) in [5.41, 5.74) is 2.51. The largest absolute Gasteiger partial charge is 0.497 e. The van der Waals surface area contributed by atoms with Crippen LogP contribution in [0.3, 0.4) is 0 Å². The first-order valence-corrected chi connectivity index (χ1v) is 12.2. The fourth-order valence-electron chi connectivity index (χ4n) is 3.98. The summed E-state index contributed by atoms with van der Waals surface area (Å²) in [6, 6.07) is 15.1. The van der Waals surface area contributed by atoms with Gasteiger partial charge in [0.15, 0.2) is 0 Å². The van der Waals surface area contributed by atoms with Crippen LogP contribution in [0.1, 0.15) is 6.92 Å². The average Bonchev–Trinajstić information content (AvgIpc) is 3.45. The summed E-state index contributed by atoms with van der Waals surface area (Å²) in [7, 11) is 3.56. The molecule has 3 heterocycles. The number of methoxy groups -OCH3 is 1. The van der Waals surface area contributed by atoms with Gasteiger partial charge in [0.05, 0.1) is 29.8 Å². The molecule has 2 aliphatic rings. The number of fused-ring (bicyclic) bond motifs is 1. The molecule has 7 nitrogen and oxygen atoms in total. The molecule has 9 heteroatoms. The predicted octanol–water partition coefficient (Wildman–Crippen LogP) is 2.99. The molecule has 0 saturated heterocycles. The van der Waals surface area contributed by atoms with Gasteiger partial charge in [0.25, 0.3) is 11.5 Å². The molecule has 2 aliphatic heterocycles. The summed E-state index contributed by atoms with van der Waals surface area (Å²) in [5.74, 6) is 0.503. The van der Waals surface area contributed by atoms with Crippen molar-refractivity contribution in [2.45, 2.75) is 18.4 Å². The van der Waals surface area contributed by atoms with Crippen LogP contribution in [0.15, 0.2) is 76.0 Å². The van der Waals surface area contributed by atoms with E-state index in [1.807, 2.05) is 60.5 Å². The summed E-state index contributed by atoms with van der Waals surface area (Å²) >= 11 is 2.85. The zero-order valence-corrected chi connectivity index (χ0v) is 20.6. The number of carbonyl (C=O) groups is 1. The van der Waals surface area contributed by atoms with Gasteiger partial charge < -0.3 is 9.64 Å². The van der Waals surface area contributed by atoms with Gasteiger partial charge in [-0.05, 0) is 31.2 Å². The molecule has 0 aliphatic carbocycles. The van der Waals surface area contributed by atoms with E-state index in [0.717, 1.165) is 21.4 Å². The van der Waals surface area contributed by atoms with Gasteiger partial charge in [0.2, 0.25) is 0 Å². The van der Waals surface area contributed by atoms with Gasteiger partial charge in [-0.25, -0.2) is 0 Å². The van der Waals surface area contributed by atoms with E-state index in [1.165, 1.54) is 28.1 Å². The Kier molecular flexibility index (Phi) is 5.66. The second kappa shape index (κ2) is 8.66. The second-order valence-corrected chi connectivity index (χ2v) is 9.78. The SMILES string of the molecule is C=CCn1c(=C2C(=O)N(c3ccccc3)N=C2C)s/c(=C2\Sc3ccc(OC)cc3N2C)c1=O. The molecule has 0 atom stereocenters. The lowest BCUT2D eigenvalue weighted by Crippen LogP contribution is -2.35. The third kappa shape index (κ3) is 3.48. The van der Waals surface area contributed by atoms with Crippen molar-refractivity contribution >= 4 is 56.7 Å². The molecule has 2 aromatic carbocycles. The second-order valence-electron chi connectivity index (χ2n) is 7.75. The predicted molar refractivity (Wildman–Crippen MR) is 139 cm³/mol. The van der Waals surface area contributed by atoms with E-state index in [1.54, 1.807) is 24.7 Å². The number of benzene rings is 2. The van der Waals surface area contributed by atoms with Crippen molar-refractivity contribution in [1.29, 1.82) is 0 Å². The van der Waals surface area contributed by atoms with Crippen LogP contribution in [0.25, 0.3) is 10.6 Å². The van der Waals surface area contributed by atoms with Gasteiger partial charge in [-0.3, -0.25) is 14.2 Å². The Labute approximate surface area is 204 Å². The van der Waals surface area contributed by atoms with E-state index in [4.69, 9.17) is 4.74 Å². The third-order valence-corrected chi connectivity index (χ3v) is 8.22. The molecule has 5 rings (SSSR count). The van der Waals surface area contributed by atoms with Crippen molar-refractivity contribution in [3.8, 4) is 5.75 Å². The van der Waals surface area contributed by atoms with E-state index in [-0.39, 0.29) is 11.5 Å². The Morgan fingerprint density at radius 1 is 1.15 bits per heavy atom. The number of nitrogens with zero attached hydrogens (tertiary/aromatic N) is 4. The van der Waals surface area contributed by atoms with Crippen LogP contribution in [-0.4, -0.2) is 30.3 Å². The Morgan fingerprint density at radius 2 is 1.91 bits per heavy atom. The number of thioether (sulfide) groups is 1. The normalized spacial score (nSPS) is 18.3. The summed E-state index contributed by atoms with van der Waals surface area (Å²) in [4.78, 5) is 30.0. The third-order valence-electron chi connectivity index (χ3n) is 5.66. The zero-order valence-electron chi connectivity index (χ0n) is 18.9. The Morgan fingerprint density at radius 3 is 2.62 bits per heavy atom. The number of anilines is 2. The van der Waals surface area contributed by atoms with Crippen molar-refractivity contribution in [2.24, 2.45) is 5.10 Å². The molecular weight excluding hydrogens is 468 g/mol. The first-order chi connectivity index (χ1) is 16.4.